The summed E-state index contributed by atoms with van der Waals surface area (Å²) in [6.45, 7) is 9.20. The molecule has 2 saturated heterocycles. The number of hydrogen-bond acceptors (Lipinski definition) is 12. The van der Waals surface area contributed by atoms with Gasteiger partial charge in [0.15, 0.2) is 0 Å². The Kier molecular flexibility index (Phi) is 12.9. The summed E-state index contributed by atoms with van der Waals surface area (Å²) in [6, 6.07) is 26.8. The molecule has 2 atom stereocenters. The van der Waals surface area contributed by atoms with Gasteiger partial charge in [0.25, 0.3) is 11.8 Å². The SMILES string of the molecule is O=C(CN1C[C@@H](CCN2CCN(c3cc(F)c4[nH]ccc4c3)CC2)c2ccccc21)NOC(=O)C(=O)ONC(=O)CN1C[C@@H](CCN2CCN(c3cc(F)c4[nH]ccc4c3)CC2)c2ccccc21. The Morgan fingerprint density at radius 1 is 0.559 bits per heavy atom. The van der Waals surface area contributed by atoms with E-state index < -0.39 is 23.8 Å². The van der Waals surface area contributed by atoms with Gasteiger partial charge < -0.3 is 39.2 Å². The fourth-order valence-corrected chi connectivity index (χ4v) is 10.4. The van der Waals surface area contributed by atoms with Gasteiger partial charge in [0.1, 0.15) is 11.6 Å². The van der Waals surface area contributed by atoms with Crippen LogP contribution < -0.4 is 30.6 Å². The van der Waals surface area contributed by atoms with Crippen LogP contribution in [-0.2, 0) is 28.9 Å². The molecule has 18 heteroatoms. The molecule has 4 aliphatic heterocycles. The molecule has 6 aromatic rings. The molecule has 2 aromatic heterocycles. The summed E-state index contributed by atoms with van der Waals surface area (Å²) in [5, 5.41) is 1.71. The van der Waals surface area contributed by atoms with Gasteiger partial charge in [-0.15, -0.1) is 0 Å². The second-order valence-electron chi connectivity index (χ2n) is 18.1. The molecule has 10 rings (SSSR count). The zero-order valence-corrected chi connectivity index (χ0v) is 37.6. The Morgan fingerprint density at radius 2 is 0.971 bits per heavy atom. The zero-order valence-electron chi connectivity index (χ0n) is 37.6. The molecule has 0 saturated carbocycles. The maximum atomic E-state index is 14.6. The maximum absolute atomic E-state index is 14.6. The Hall–Kier alpha value is -7.18. The Bertz CT molecular complexity index is 2630. The maximum Gasteiger partial charge on any atom is 0.443 e. The number of carbonyl (C=O) groups is 4. The largest absolute Gasteiger partial charge is 0.443 e. The van der Waals surface area contributed by atoms with Crippen LogP contribution in [0.15, 0.2) is 97.3 Å². The van der Waals surface area contributed by atoms with Gasteiger partial charge in [0.2, 0.25) is 0 Å². The Labute approximate surface area is 391 Å². The molecule has 2 amide bonds. The first kappa shape index (κ1) is 44.6. The predicted molar refractivity (Wildman–Crippen MR) is 254 cm³/mol. The number of amides is 2. The third-order valence-corrected chi connectivity index (χ3v) is 13.9. The molecule has 4 aromatic carbocycles. The van der Waals surface area contributed by atoms with Gasteiger partial charge in [-0.3, -0.25) is 19.4 Å². The van der Waals surface area contributed by atoms with Crippen LogP contribution in [0.25, 0.3) is 21.8 Å². The fourth-order valence-electron chi connectivity index (χ4n) is 10.4. The van der Waals surface area contributed by atoms with E-state index in [2.05, 4.69) is 52.7 Å². The van der Waals surface area contributed by atoms with Crippen molar-refractivity contribution in [2.24, 2.45) is 0 Å². The number of anilines is 4. The number of nitrogens with zero attached hydrogens (tertiary/aromatic N) is 6. The van der Waals surface area contributed by atoms with Crippen molar-refractivity contribution in [1.29, 1.82) is 0 Å². The van der Waals surface area contributed by atoms with E-state index in [1.807, 2.05) is 70.5 Å². The van der Waals surface area contributed by atoms with Gasteiger partial charge >= 0.3 is 11.9 Å². The van der Waals surface area contributed by atoms with Crippen LogP contribution in [0.2, 0.25) is 0 Å². The summed E-state index contributed by atoms with van der Waals surface area (Å²) < 4.78 is 29.3. The number of hydroxylamine groups is 2. The fraction of sp³-hybridized carbons (Fsp3) is 0.360. The van der Waals surface area contributed by atoms with Crippen LogP contribution >= 0.6 is 0 Å². The van der Waals surface area contributed by atoms with Crippen molar-refractivity contribution in [2.75, 3.05) is 111 Å². The Balaban J connectivity index is 0.632. The molecule has 0 unspecified atom stereocenters. The number of nitrogens with one attached hydrogen (secondary N) is 4. The highest BCUT2D eigenvalue weighted by Gasteiger charge is 2.33. The van der Waals surface area contributed by atoms with Crippen molar-refractivity contribution in [3.05, 3.63) is 120 Å². The van der Waals surface area contributed by atoms with Crippen molar-refractivity contribution in [1.82, 2.24) is 30.7 Å². The second kappa shape index (κ2) is 19.6. The number of rotatable bonds is 12. The lowest BCUT2D eigenvalue weighted by atomic mass is 9.97. The van der Waals surface area contributed by atoms with Crippen LogP contribution in [0.3, 0.4) is 0 Å². The lowest BCUT2D eigenvalue weighted by molar-refractivity contribution is -0.179. The first-order chi connectivity index (χ1) is 33.1. The summed E-state index contributed by atoms with van der Waals surface area (Å²) >= 11 is 0. The number of halogens is 2. The number of carbonyl (C=O) groups excluding carboxylic acids is 4. The number of benzene rings is 4. The number of piperazine rings is 2. The van der Waals surface area contributed by atoms with Crippen molar-refractivity contribution < 1.29 is 37.6 Å². The normalized spacial score (nSPS) is 18.5. The molecule has 0 aliphatic carbocycles. The monoisotopic (exact) mass is 928 g/mol. The van der Waals surface area contributed by atoms with E-state index in [0.29, 0.717) is 24.1 Å². The summed E-state index contributed by atoms with van der Waals surface area (Å²) in [6.07, 6.45) is 5.23. The van der Waals surface area contributed by atoms with Gasteiger partial charge in [-0.1, -0.05) is 36.4 Å². The molecule has 2 fully saturated rings. The van der Waals surface area contributed by atoms with Gasteiger partial charge in [-0.25, -0.2) is 18.4 Å². The zero-order chi connectivity index (χ0) is 46.7. The van der Waals surface area contributed by atoms with E-state index in [1.54, 1.807) is 24.5 Å². The molecule has 4 N–H and O–H groups in total. The van der Waals surface area contributed by atoms with Gasteiger partial charge in [0, 0.05) is 123 Å². The summed E-state index contributed by atoms with van der Waals surface area (Å²) in [4.78, 5) is 79.5. The topological polar surface area (TPSA) is 162 Å². The molecule has 0 bridgehead atoms. The van der Waals surface area contributed by atoms with E-state index in [4.69, 9.17) is 9.68 Å². The van der Waals surface area contributed by atoms with Crippen LogP contribution in [0.5, 0.6) is 0 Å². The molecular formula is C50H54F2N10O6. The average molecular weight is 929 g/mol. The third kappa shape index (κ3) is 9.64. The highest BCUT2D eigenvalue weighted by atomic mass is 19.1. The number of fused-ring (bicyclic) bond motifs is 4. The molecule has 354 valence electrons. The van der Waals surface area contributed by atoms with Crippen LogP contribution in [0.4, 0.5) is 31.5 Å². The molecular weight excluding hydrogens is 875 g/mol. The molecule has 0 radical (unpaired) electrons. The number of para-hydroxylation sites is 2. The highest BCUT2D eigenvalue weighted by molar-refractivity contribution is 6.29. The molecule has 0 spiro atoms. The van der Waals surface area contributed by atoms with E-state index in [-0.39, 0.29) is 36.6 Å². The average Bonchev–Trinajstić information content (AvgIpc) is 4.18. The molecule has 4 aliphatic rings. The smallest absolute Gasteiger partial charge is 0.369 e. The Morgan fingerprint density at radius 3 is 1.40 bits per heavy atom. The highest BCUT2D eigenvalue weighted by Crippen LogP contribution is 2.39. The number of hydrogen-bond donors (Lipinski definition) is 4. The predicted octanol–water partition coefficient (Wildman–Crippen LogP) is 5.01. The van der Waals surface area contributed by atoms with Crippen LogP contribution in [-0.4, -0.2) is 135 Å². The minimum atomic E-state index is -1.49. The molecule has 6 heterocycles. The summed E-state index contributed by atoms with van der Waals surface area (Å²) in [7, 11) is 0. The molecule has 68 heavy (non-hydrogen) atoms. The summed E-state index contributed by atoms with van der Waals surface area (Å²) in [5.41, 5.74) is 11.0. The van der Waals surface area contributed by atoms with Crippen molar-refractivity contribution in [2.45, 2.75) is 24.7 Å². The second-order valence-corrected chi connectivity index (χ2v) is 18.1. The van der Waals surface area contributed by atoms with Gasteiger partial charge in [-0.05, 0) is 85.6 Å². The minimum Gasteiger partial charge on any atom is -0.369 e. The standard InChI is InChI=1S/C50H54F2N10O6/c51-41-27-37(25-33-9-13-53-47(33)41)59-21-17-57(18-22-59)15-11-35-29-61(43-7-3-1-5-39(35)43)31-45(63)55-67-49(65)50(66)68-56-46(64)32-62-30-36(40-6-2-4-8-44(40)62)12-16-58-19-23-60(24-20-58)38-26-34-10-14-54-48(34)42(52)28-38/h1-10,13-14,25-28,35-36,53-54H,11-12,15-24,29-32H2,(H,55,63)(H,56,64)/t35-,36-/m1/s1. The van der Waals surface area contributed by atoms with E-state index in [1.165, 1.54) is 0 Å². The lowest BCUT2D eigenvalue weighted by Gasteiger charge is -2.36. The number of aromatic nitrogens is 2. The van der Waals surface area contributed by atoms with Crippen LogP contribution in [0.1, 0.15) is 35.8 Å². The van der Waals surface area contributed by atoms with Crippen molar-refractivity contribution >= 4 is 68.3 Å². The number of H-pyrrole nitrogens is 2. The summed E-state index contributed by atoms with van der Waals surface area (Å²) in [5.74, 6) is -4.42. The van der Waals surface area contributed by atoms with Gasteiger partial charge in [0.05, 0.1) is 24.1 Å². The van der Waals surface area contributed by atoms with Crippen molar-refractivity contribution in [3.8, 4) is 0 Å². The molecule has 16 nitrogen and oxygen atoms in total. The first-order valence-corrected chi connectivity index (χ1v) is 23.3. The third-order valence-electron chi connectivity index (χ3n) is 13.9. The van der Waals surface area contributed by atoms with E-state index >= 15 is 0 Å². The van der Waals surface area contributed by atoms with Gasteiger partial charge in [-0.2, -0.15) is 11.0 Å². The first-order valence-electron chi connectivity index (χ1n) is 23.3. The van der Waals surface area contributed by atoms with E-state index in [9.17, 15) is 28.0 Å². The van der Waals surface area contributed by atoms with Crippen molar-refractivity contribution in [3.63, 3.8) is 0 Å². The minimum absolute atomic E-state index is 0.115. The lowest BCUT2D eigenvalue weighted by Crippen LogP contribution is -2.47. The van der Waals surface area contributed by atoms with Crippen LogP contribution in [0, 0.1) is 11.6 Å². The van der Waals surface area contributed by atoms with E-state index in [0.717, 1.165) is 123 Å². The number of aromatic amines is 2. The quantitative estimate of drug-likeness (QED) is 0.0962.